The molecular weight excluding hydrogens is 418 g/mol. The lowest BCUT2D eigenvalue weighted by Gasteiger charge is -2.49. The third-order valence-electron chi connectivity index (χ3n) is 5.18. The lowest BCUT2D eigenvalue weighted by Crippen LogP contribution is -2.68. The van der Waals surface area contributed by atoms with Crippen LogP contribution in [0.1, 0.15) is 18.8 Å². The molecule has 0 spiro atoms. The molecule has 1 amide bonds. The van der Waals surface area contributed by atoms with Crippen molar-refractivity contribution in [2.45, 2.75) is 43.9 Å². The van der Waals surface area contributed by atoms with Gasteiger partial charge in [-0.15, -0.1) is 0 Å². The Morgan fingerprint density at radius 3 is 2.41 bits per heavy atom. The first kappa shape index (κ1) is 22.2. The Morgan fingerprint density at radius 2 is 1.75 bits per heavy atom. The maximum atomic E-state index is 12.0. The van der Waals surface area contributed by atoms with E-state index in [2.05, 4.69) is 5.32 Å². The van der Waals surface area contributed by atoms with E-state index in [1.807, 2.05) is 48.5 Å². The van der Waals surface area contributed by atoms with Crippen molar-refractivity contribution in [2.24, 2.45) is 0 Å². The molecule has 6 atom stereocenters. The predicted octanol–water partition coefficient (Wildman–Crippen LogP) is 1.88. The number of rotatable bonds is 7. The summed E-state index contributed by atoms with van der Waals surface area (Å²) in [4.78, 5) is 23.2. The van der Waals surface area contributed by atoms with Gasteiger partial charge in [-0.1, -0.05) is 48.5 Å². The highest BCUT2D eigenvalue weighted by Crippen LogP contribution is 2.36. The van der Waals surface area contributed by atoms with Crippen molar-refractivity contribution in [1.29, 1.82) is 0 Å². The number of carbonyl (C=O) groups is 2. The number of carbonyl (C=O) groups excluding carboxylic acids is 1. The van der Waals surface area contributed by atoms with Gasteiger partial charge in [0.2, 0.25) is 12.2 Å². The molecule has 1 unspecified atom stereocenters. The van der Waals surface area contributed by atoms with Crippen molar-refractivity contribution in [3.05, 3.63) is 66.2 Å². The first-order chi connectivity index (χ1) is 15.5. The summed E-state index contributed by atoms with van der Waals surface area (Å²) in [6.45, 7) is 0.971. The minimum Gasteiger partial charge on any atom is -0.480 e. The summed E-state index contributed by atoms with van der Waals surface area (Å²) in [7, 11) is 0. The molecule has 2 fully saturated rings. The van der Waals surface area contributed by atoms with E-state index in [-0.39, 0.29) is 12.5 Å². The van der Waals surface area contributed by atoms with Crippen LogP contribution in [0.5, 0.6) is 5.75 Å². The molecular formula is C23H25NO8. The zero-order chi connectivity index (χ0) is 22.5. The average Bonchev–Trinajstić information content (AvgIpc) is 2.79. The van der Waals surface area contributed by atoms with Crippen molar-refractivity contribution in [2.75, 3.05) is 13.2 Å². The van der Waals surface area contributed by atoms with Gasteiger partial charge in [-0.3, -0.25) is 4.79 Å². The molecule has 2 saturated heterocycles. The number of hydrogen-bond donors (Lipinski definition) is 2. The fraction of sp³-hybridized carbons (Fsp3) is 0.391. The Hall–Kier alpha value is -2.98. The lowest BCUT2D eigenvalue weighted by molar-refractivity contribution is -0.337. The van der Waals surface area contributed by atoms with Gasteiger partial charge in [0.05, 0.1) is 6.61 Å². The standard InChI is InChI=1S/C23H25NO8/c1-14(25)24-19-21(28-13-18(26)27)20-17(31-23(19)30-16-10-6-3-7-11-16)12-29-22(32-20)15-8-4-2-5-9-15/h2-11,17,19-23H,12-13H2,1H3,(H,24,25)(H,26,27)/t17-,19-,20-,21-,22?,23-/m1/s1. The van der Waals surface area contributed by atoms with Crippen LogP contribution < -0.4 is 10.1 Å². The summed E-state index contributed by atoms with van der Waals surface area (Å²) >= 11 is 0. The molecule has 2 aromatic rings. The largest absolute Gasteiger partial charge is 0.480 e. The fourth-order valence-corrected chi connectivity index (χ4v) is 3.84. The van der Waals surface area contributed by atoms with E-state index in [1.165, 1.54) is 6.92 Å². The number of ether oxygens (including phenoxy) is 5. The van der Waals surface area contributed by atoms with Crippen LogP contribution in [-0.2, 0) is 28.5 Å². The second-order valence-electron chi connectivity index (χ2n) is 7.55. The number of para-hydroxylation sites is 1. The summed E-state index contributed by atoms with van der Waals surface area (Å²) in [5.41, 5.74) is 0.807. The molecule has 2 aliphatic heterocycles. The first-order valence-electron chi connectivity index (χ1n) is 10.3. The topological polar surface area (TPSA) is 113 Å². The average molecular weight is 443 g/mol. The highest BCUT2D eigenvalue weighted by atomic mass is 16.8. The molecule has 0 aliphatic carbocycles. The highest BCUT2D eigenvalue weighted by molar-refractivity contribution is 5.73. The van der Waals surface area contributed by atoms with Gasteiger partial charge >= 0.3 is 5.97 Å². The number of benzene rings is 2. The van der Waals surface area contributed by atoms with E-state index < -0.39 is 49.5 Å². The first-order valence-corrected chi connectivity index (χ1v) is 10.3. The van der Waals surface area contributed by atoms with Gasteiger partial charge in [0.1, 0.15) is 36.7 Å². The predicted molar refractivity (Wildman–Crippen MR) is 111 cm³/mol. The van der Waals surface area contributed by atoms with Crippen molar-refractivity contribution in [1.82, 2.24) is 5.32 Å². The molecule has 2 aromatic carbocycles. The lowest BCUT2D eigenvalue weighted by atomic mass is 9.95. The molecule has 0 aromatic heterocycles. The van der Waals surface area contributed by atoms with Crippen molar-refractivity contribution in [3.63, 3.8) is 0 Å². The summed E-state index contributed by atoms with van der Waals surface area (Å²) in [6, 6.07) is 17.5. The summed E-state index contributed by atoms with van der Waals surface area (Å²) in [5.74, 6) is -0.945. The monoisotopic (exact) mass is 443 g/mol. The zero-order valence-corrected chi connectivity index (χ0v) is 17.5. The van der Waals surface area contributed by atoms with Crippen LogP contribution >= 0.6 is 0 Å². The molecule has 2 heterocycles. The van der Waals surface area contributed by atoms with Crippen molar-refractivity contribution >= 4 is 11.9 Å². The van der Waals surface area contributed by atoms with Gasteiger partial charge in [0.25, 0.3) is 0 Å². The fourth-order valence-electron chi connectivity index (χ4n) is 3.84. The quantitative estimate of drug-likeness (QED) is 0.667. The third kappa shape index (κ3) is 5.25. The SMILES string of the molecule is CC(=O)N[C@H]1[C@H](Oc2ccccc2)O[C@@H]2COC(c3ccccc3)O[C@H]2[C@@H]1OCC(=O)O. The van der Waals surface area contributed by atoms with Gasteiger partial charge in [0, 0.05) is 12.5 Å². The van der Waals surface area contributed by atoms with Crippen LogP contribution in [0, 0.1) is 0 Å². The van der Waals surface area contributed by atoms with Crippen LogP contribution in [0.4, 0.5) is 0 Å². The van der Waals surface area contributed by atoms with E-state index in [1.54, 1.807) is 12.1 Å². The Kier molecular flexibility index (Phi) is 7.01. The number of fused-ring (bicyclic) bond motifs is 1. The van der Waals surface area contributed by atoms with E-state index in [0.717, 1.165) is 5.56 Å². The van der Waals surface area contributed by atoms with E-state index in [4.69, 9.17) is 23.7 Å². The van der Waals surface area contributed by atoms with Gasteiger partial charge < -0.3 is 34.1 Å². The smallest absolute Gasteiger partial charge is 0.329 e. The van der Waals surface area contributed by atoms with Crippen molar-refractivity contribution < 1.29 is 38.4 Å². The molecule has 170 valence electrons. The number of nitrogens with one attached hydrogen (secondary N) is 1. The molecule has 9 heteroatoms. The van der Waals surface area contributed by atoms with Gasteiger partial charge in [-0.25, -0.2) is 4.79 Å². The second kappa shape index (κ2) is 10.1. The van der Waals surface area contributed by atoms with Gasteiger partial charge in [-0.05, 0) is 12.1 Å². The molecule has 0 radical (unpaired) electrons. The molecule has 0 saturated carbocycles. The number of hydrogen-bond acceptors (Lipinski definition) is 7. The van der Waals surface area contributed by atoms with Crippen molar-refractivity contribution in [3.8, 4) is 5.75 Å². The minimum atomic E-state index is -1.14. The molecule has 2 aliphatic rings. The van der Waals surface area contributed by atoms with E-state index in [9.17, 15) is 14.7 Å². The Balaban J connectivity index is 1.61. The Morgan fingerprint density at radius 1 is 1.06 bits per heavy atom. The Bertz CT molecular complexity index is 909. The maximum absolute atomic E-state index is 12.0. The zero-order valence-electron chi connectivity index (χ0n) is 17.5. The maximum Gasteiger partial charge on any atom is 0.329 e. The van der Waals surface area contributed by atoms with E-state index >= 15 is 0 Å². The summed E-state index contributed by atoms with van der Waals surface area (Å²) in [6.07, 6.45) is -3.76. The number of carboxylic acid groups (broad SMARTS) is 1. The van der Waals surface area contributed by atoms with Crippen LogP contribution in [0.3, 0.4) is 0 Å². The second-order valence-corrected chi connectivity index (χ2v) is 7.55. The number of aliphatic carboxylic acids is 1. The summed E-state index contributed by atoms with van der Waals surface area (Å²) < 4.78 is 29.9. The normalized spacial score (nSPS) is 29.5. The van der Waals surface area contributed by atoms with Gasteiger partial charge in [-0.2, -0.15) is 0 Å². The van der Waals surface area contributed by atoms with Crippen LogP contribution in [0.25, 0.3) is 0 Å². The number of amides is 1. The Labute approximate surface area is 185 Å². The van der Waals surface area contributed by atoms with E-state index in [0.29, 0.717) is 5.75 Å². The minimum absolute atomic E-state index is 0.179. The number of carboxylic acids is 1. The van der Waals surface area contributed by atoms with Crippen LogP contribution in [0.2, 0.25) is 0 Å². The van der Waals surface area contributed by atoms with Gasteiger partial charge in [0.15, 0.2) is 6.29 Å². The summed E-state index contributed by atoms with van der Waals surface area (Å²) in [5, 5.41) is 12.0. The van der Waals surface area contributed by atoms with Crippen LogP contribution in [-0.4, -0.2) is 60.8 Å². The third-order valence-corrected chi connectivity index (χ3v) is 5.18. The van der Waals surface area contributed by atoms with Crippen LogP contribution in [0.15, 0.2) is 60.7 Å². The highest BCUT2D eigenvalue weighted by Gasteiger charge is 2.52. The molecule has 9 nitrogen and oxygen atoms in total. The molecule has 0 bridgehead atoms. The molecule has 2 N–H and O–H groups in total. The molecule has 4 rings (SSSR count). The molecule has 32 heavy (non-hydrogen) atoms.